The van der Waals surface area contributed by atoms with Crippen molar-refractivity contribution < 1.29 is 36.0 Å². The summed E-state index contributed by atoms with van der Waals surface area (Å²) >= 11 is 11.1. The maximum absolute atomic E-state index is 10.4. The Morgan fingerprint density at radius 3 is 1.11 bits per heavy atom. The normalized spacial score (nSPS) is 9.63. The van der Waals surface area contributed by atoms with E-state index in [4.69, 9.17) is 28.9 Å². The van der Waals surface area contributed by atoms with Crippen LogP contribution in [0.2, 0.25) is 0 Å². The van der Waals surface area contributed by atoms with Gasteiger partial charge in [0.2, 0.25) is 0 Å². The first kappa shape index (κ1) is 34.2. The van der Waals surface area contributed by atoms with E-state index in [1.807, 2.05) is 0 Å². The molecule has 0 bridgehead atoms. The minimum atomic E-state index is -0.407. The van der Waals surface area contributed by atoms with Gasteiger partial charge < -0.3 is 5.73 Å². The summed E-state index contributed by atoms with van der Waals surface area (Å²) in [6.45, 7) is 12.2. The maximum atomic E-state index is 10.4. The summed E-state index contributed by atoms with van der Waals surface area (Å²) in [7, 11) is 0. The monoisotopic (exact) mass is 471 g/mol. The molecule has 0 saturated carbocycles. The third kappa shape index (κ3) is 23.6. The number of carbonyl (C=O) groups excluding carboxylic acids is 4. The summed E-state index contributed by atoms with van der Waals surface area (Å²) in [4.78, 5) is 43.6. The van der Waals surface area contributed by atoms with Crippen LogP contribution in [-0.2, 0) is 36.0 Å². The Hall–Kier alpha value is -0.314. The van der Waals surface area contributed by atoms with Crippen LogP contribution < -0.4 is 5.73 Å². The summed E-state index contributed by atoms with van der Waals surface area (Å²) in [5.41, 5.74) is 5.36. The van der Waals surface area contributed by atoms with Crippen LogP contribution in [0.1, 0.15) is 41.5 Å². The van der Waals surface area contributed by atoms with Crippen LogP contribution in [0.3, 0.4) is 0 Å². The number of ketones is 4. The molecule has 0 saturated heterocycles. The average Bonchev–Trinajstić information content (AvgIpc) is 2.54. The number of carbonyl (C=O) groups is 4. The van der Waals surface area contributed by atoms with E-state index in [2.05, 4.69) is 4.90 Å². The molecule has 27 heavy (non-hydrogen) atoms. The first-order valence-corrected chi connectivity index (χ1v) is 9.59. The van der Waals surface area contributed by atoms with Gasteiger partial charge in [0.1, 0.15) is 23.1 Å². The van der Waals surface area contributed by atoms with Crippen molar-refractivity contribution in [3.63, 3.8) is 0 Å². The molecule has 0 fully saturated rings. The second-order valence-electron chi connectivity index (χ2n) is 5.89. The third-order valence-corrected chi connectivity index (χ3v) is 4.02. The van der Waals surface area contributed by atoms with Crippen LogP contribution in [0.15, 0.2) is 0 Å². The zero-order valence-electron chi connectivity index (χ0n) is 17.1. The van der Waals surface area contributed by atoms with Crippen molar-refractivity contribution in [1.29, 1.82) is 0 Å². The molecular formula is C18H34Cl2CoN2O4+3. The largest absolute Gasteiger partial charge is 3.00 e. The fraction of sp³-hybridized carbons (Fsp3) is 0.778. The Morgan fingerprint density at radius 1 is 0.741 bits per heavy atom. The van der Waals surface area contributed by atoms with Crippen molar-refractivity contribution in [3.8, 4) is 0 Å². The summed E-state index contributed by atoms with van der Waals surface area (Å²) in [6, 6.07) is 0. The van der Waals surface area contributed by atoms with Crippen LogP contribution in [0.5, 0.6) is 0 Å². The molecule has 0 spiro atoms. The Morgan fingerprint density at radius 2 is 1.00 bits per heavy atom. The molecule has 0 amide bonds. The molecular weight excluding hydrogens is 438 g/mol. The topological polar surface area (TPSA) is 97.5 Å². The van der Waals surface area contributed by atoms with Gasteiger partial charge in [-0.2, -0.15) is 0 Å². The molecule has 9 heteroatoms. The first-order chi connectivity index (χ1) is 12.0. The van der Waals surface area contributed by atoms with Crippen molar-refractivity contribution in [2.24, 2.45) is 17.6 Å². The van der Waals surface area contributed by atoms with E-state index in [0.29, 0.717) is 18.3 Å². The van der Waals surface area contributed by atoms with E-state index >= 15 is 0 Å². The molecule has 160 valence electrons. The van der Waals surface area contributed by atoms with Crippen LogP contribution in [0, 0.1) is 11.8 Å². The molecule has 0 aliphatic rings. The Balaban J connectivity index is -0.000000146. The number of hydrogen-bond donors (Lipinski definition) is 1. The number of nitrogens with two attached hydrogens (primary N) is 1. The second kappa shape index (κ2) is 22.0. The summed E-state index contributed by atoms with van der Waals surface area (Å²) in [5, 5.41) is 0. The second-order valence-corrected chi connectivity index (χ2v) is 6.65. The van der Waals surface area contributed by atoms with Gasteiger partial charge >= 0.3 is 16.8 Å². The molecule has 0 rings (SSSR count). The maximum Gasteiger partial charge on any atom is 3.00 e. The van der Waals surface area contributed by atoms with E-state index < -0.39 is 11.8 Å². The Bertz CT molecular complexity index is 365. The van der Waals surface area contributed by atoms with Gasteiger partial charge in [-0.3, -0.25) is 24.1 Å². The van der Waals surface area contributed by atoms with Crippen molar-refractivity contribution in [2.45, 2.75) is 41.5 Å². The molecule has 6 nitrogen and oxygen atoms in total. The van der Waals surface area contributed by atoms with E-state index in [-0.39, 0.29) is 39.9 Å². The molecule has 0 atom stereocenters. The number of alkyl halides is 2. The third-order valence-electron chi connectivity index (χ3n) is 3.69. The number of rotatable bonds is 10. The minimum Gasteiger partial charge on any atom is -0.329 e. The zero-order valence-corrected chi connectivity index (χ0v) is 19.7. The molecule has 2 N–H and O–H groups in total. The summed E-state index contributed by atoms with van der Waals surface area (Å²) < 4.78 is 0. The van der Waals surface area contributed by atoms with Gasteiger partial charge in [0.25, 0.3) is 0 Å². The number of Topliss-reactive ketones (excluding diaryl/α,β-unsaturated/α-hetero) is 4. The molecule has 0 unspecified atom stereocenters. The van der Waals surface area contributed by atoms with Gasteiger partial charge in [-0.25, -0.2) is 0 Å². The number of halogens is 2. The minimum absolute atomic E-state index is 0. The standard InChI is InChI=1S/C6H14Cl2N2.2C6H10O2.Co/c7-1-4-10(5-2-8)6-3-9;2*1-4(5(2)7)6(3)8;/h1-6,9H2;2*4H,1-3H3;/q;;;+3. The molecule has 0 aromatic heterocycles. The van der Waals surface area contributed by atoms with Crippen molar-refractivity contribution in [1.82, 2.24) is 4.90 Å². The molecule has 0 aliphatic heterocycles. The summed E-state index contributed by atoms with van der Waals surface area (Å²) in [6.07, 6.45) is 0. The molecule has 0 radical (unpaired) electrons. The number of hydrogen-bond acceptors (Lipinski definition) is 6. The van der Waals surface area contributed by atoms with E-state index in [0.717, 1.165) is 19.6 Å². The molecule has 0 aromatic rings. The van der Waals surface area contributed by atoms with E-state index in [1.165, 1.54) is 27.7 Å². The fourth-order valence-electron chi connectivity index (χ4n) is 1.33. The van der Waals surface area contributed by atoms with Crippen LogP contribution in [0.25, 0.3) is 0 Å². The first-order valence-electron chi connectivity index (χ1n) is 8.52. The van der Waals surface area contributed by atoms with Gasteiger partial charge in [0.15, 0.2) is 0 Å². The van der Waals surface area contributed by atoms with Gasteiger partial charge in [-0.05, 0) is 41.5 Å². The van der Waals surface area contributed by atoms with Gasteiger partial charge in [-0.15, -0.1) is 23.2 Å². The van der Waals surface area contributed by atoms with Crippen molar-refractivity contribution >= 4 is 46.3 Å². The number of nitrogens with zero attached hydrogens (tertiary/aromatic N) is 1. The Kier molecular flexibility index (Phi) is 27.9. The van der Waals surface area contributed by atoms with Gasteiger partial charge in [0.05, 0.1) is 11.8 Å². The van der Waals surface area contributed by atoms with Gasteiger partial charge in [0, 0.05) is 37.9 Å². The van der Waals surface area contributed by atoms with Crippen molar-refractivity contribution in [2.75, 3.05) is 37.9 Å². The average molecular weight is 472 g/mol. The molecule has 0 aromatic carbocycles. The van der Waals surface area contributed by atoms with Gasteiger partial charge in [-0.1, -0.05) is 0 Å². The molecule has 0 heterocycles. The van der Waals surface area contributed by atoms with Crippen LogP contribution in [-0.4, -0.2) is 66.0 Å². The smallest absolute Gasteiger partial charge is 0.329 e. The molecule has 0 aliphatic carbocycles. The van der Waals surface area contributed by atoms with E-state index in [9.17, 15) is 19.2 Å². The summed E-state index contributed by atoms with van der Waals surface area (Å²) in [5.74, 6) is 0.253. The van der Waals surface area contributed by atoms with Crippen molar-refractivity contribution in [3.05, 3.63) is 0 Å². The van der Waals surface area contributed by atoms with E-state index in [1.54, 1.807) is 13.8 Å². The quantitative estimate of drug-likeness (QED) is 0.387. The fourth-order valence-corrected chi connectivity index (χ4v) is 1.81. The SMILES string of the molecule is CC(=O)C(C)C(C)=O.CC(=O)C(C)C(C)=O.NCCN(CCCl)CCCl.[Co+3]. The predicted octanol–water partition coefficient (Wildman–Crippen LogP) is 2.32. The van der Waals surface area contributed by atoms with Crippen LogP contribution >= 0.6 is 23.2 Å². The predicted molar refractivity (Wildman–Crippen MR) is 108 cm³/mol. The Labute approximate surface area is 184 Å². The zero-order chi connectivity index (χ0) is 21.3. The van der Waals surface area contributed by atoms with Crippen LogP contribution in [0.4, 0.5) is 0 Å².